The minimum Gasteiger partial charge on any atom is -0.368 e. The van der Waals surface area contributed by atoms with Crippen LogP contribution >= 0.6 is 0 Å². The first-order valence-electron chi connectivity index (χ1n) is 4.20. The van der Waals surface area contributed by atoms with Gasteiger partial charge < -0.3 is 11.1 Å². The molecule has 1 amide bonds. The summed E-state index contributed by atoms with van der Waals surface area (Å²) in [5, 5.41) is 7.00. The number of nitrogens with one attached hydrogen (secondary N) is 1. The molecule has 0 aliphatic rings. The molecule has 0 saturated carbocycles. The number of hydrogen-bond acceptors (Lipinski definition) is 3. The molecule has 0 aliphatic heterocycles. The Morgan fingerprint density at radius 1 is 1.77 bits per heavy atom. The highest BCUT2D eigenvalue weighted by Gasteiger charge is 2.05. The van der Waals surface area contributed by atoms with Crippen molar-refractivity contribution >= 4 is 5.91 Å². The first-order chi connectivity index (χ1) is 6.20. The summed E-state index contributed by atoms with van der Waals surface area (Å²) >= 11 is 0. The van der Waals surface area contributed by atoms with Gasteiger partial charge in [-0.3, -0.25) is 9.48 Å². The standard InChI is InChI=1S/C8H14N4O/c1-7(8(9)13)10-4-6-12-5-2-3-11-12/h2-3,5,7,10H,4,6H2,1H3,(H2,9,13). The molecule has 5 nitrogen and oxygen atoms in total. The van der Waals surface area contributed by atoms with Crippen LogP contribution in [0.2, 0.25) is 0 Å². The molecule has 0 bridgehead atoms. The van der Waals surface area contributed by atoms with Crippen LogP contribution in [0.15, 0.2) is 18.5 Å². The molecule has 1 heterocycles. The maximum atomic E-state index is 10.6. The number of nitrogens with two attached hydrogens (primary N) is 1. The Balaban J connectivity index is 2.18. The largest absolute Gasteiger partial charge is 0.368 e. The zero-order valence-corrected chi connectivity index (χ0v) is 7.60. The van der Waals surface area contributed by atoms with Crippen LogP contribution in [-0.2, 0) is 11.3 Å². The second-order valence-electron chi connectivity index (χ2n) is 2.85. The minimum absolute atomic E-state index is 0.282. The van der Waals surface area contributed by atoms with E-state index >= 15 is 0 Å². The van der Waals surface area contributed by atoms with E-state index in [-0.39, 0.29) is 11.9 Å². The van der Waals surface area contributed by atoms with Crippen molar-refractivity contribution in [3.05, 3.63) is 18.5 Å². The zero-order valence-electron chi connectivity index (χ0n) is 7.60. The number of carbonyl (C=O) groups is 1. The van der Waals surface area contributed by atoms with Crippen LogP contribution in [0.4, 0.5) is 0 Å². The van der Waals surface area contributed by atoms with Crippen molar-refractivity contribution in [3.8, 4) is 0 Å². The Morgan fingerprint density at radius 2 is 2.54 bits per heavy atom. The number of hydrogen-bond donors (Lipinski definition) is 2. The summed E-state index contributed by atoms with van der Waals surface area (Å²) in [5.74, 6) is -0.333. The fourth-order valence-corrected chi connectivity index (χ4v) is 0.929. The number of carbonyl (C=O) groups excluding carboxylic acids is 1. The number of primary amides is 1. The fraction of sp³-hybridized carbons (Fsp3) is 0.500. The Kier molecular flexibility index (Phi) is 3.45. The fourth-order valence-electron chi connectivity index (χ4n) is 0.929. The summed E-state index contributed by atoms with van der Waals surface area (Å²) < 4.78 is 1.79. The Hall–Kier alpha value is -1.36. The van der Waals surface area contributed by atoms with Crippen LogP contribution in [0.25, 0.3) is 0 Å². The SMILES string of the molecule is CC(NCCn1cccn1)C(N)=O. The van der Waals surface area contributed by atoms with Gasteiger partial charge in [0, 0.05) is 18.9 Å². The lowest BCUT2D eigenvalue weighted by molar-refractivity contribution is -0.119. The highest BCUT2D eigenvalue weighted by Crippen LogP contribution is 1.84. The van der Waals surface area contributed by atoms with E-state index in [1.807, 2.05) is 12.3 Å². The van der Waals surface area contributed by atoms with Crippen molar-refractivity contribution in [1.29, 1.82) is 0 Å². The molecule has 0 aromatic carbocycles. The predicted molar refractivity (Wildman–Crippen MR) is 48.9 cm³/mol. The van der Waals surface area contributed by atoms with Crippen LogP contribution in [0.3, 0.4) is 0 Å². The maximum absolute atomic E-state index is 10.6. The quantitative estimate of drug-likeness (QED) is 0.635. The smallest absolute Gasteiger partial charge is 0.234 e. The van der Waals surface area contributed by atoms with Gasteiger partial charge in [-0.15, -0.1) is 0 Å². The molecule has 72 valence electrons. The van der Waals surface area contributed by atoms with Gasteiger partial charge in [0.05, 0.1) is 12.6 Å². The highest BCUT2D eigenvalue weighted by molar-refractivity contribution is 5.79. The van der Waals surface area contributed by atoms with Gasteiger partial charge in [-0.2, -0.15) is 5.10 Å². The first-order valence-corrected chi connectivity index (χ1v) is 4.20. The molecular weight excluding hydrogens is 168 g/mol. The van der Waals surface area contributed by atoms with Gasteiger partial charge in [-0.1, -0.05) is 0 Å². The monoisotopic (exact) mass is 182 g/mol. The van der Waals surface area contributed by atoms with Crippen LogP contribution < -0.4 is 11.1 Å². The van der Waals surface area contributed by atoms with E-state index in [1.165, 1.54) is 0 Å². The van der Waals surface area contributed by atoms with E-state index < -0.39 is 0 Å². The van der Waals surface area contributed by atoms with Crippen LogP contribution in [0.1, 0.15) is 6.92 Å². The van der Waals surface area contributed by atoms with Crippen LogP contribution in [-0.4, -0.2) is 28.3 Å². The summed E-state index contributed by atoms with van der Waals surface area (Å²) in [7, 11) is 0. The van der Waals surface area contributed by atoms with Gasteiger partial charge in [0.15, 0.2) is 0 Å². The third-order valence-electron chi connectivity index (χ3n) is 1.78. The highest BCUT2D eigenvalue weighted by atomic mass is 16.1. The molecular formula is C8H14N4O. The Labute approximate surface area is 76.9 Å². The van der Waals surface area contributed by atoms with Crippen molar-refractivity contribution in [2.45, 2.75) is 19.5 Å². The molecule has 0 saturated heterocycles. The summed E-state index contributed by atoms with van der Waals surface area (Å²) in [6, 6.07) is 1.58. The maximum Gasteiger partial charge on any atom is 0.234 e. The third kappa shape index (κ3) is 3.25. The van der Waals surface area contributed by atoms with E-state index in [0.29, 0.717) is 6.54 Å². The predicted octanol–water partition coefficient (Wildman–Crippen LogP) is -0.653. The molecule has 1 atom stereocenters. The Morgan fingerprint density at radius 3 is 3.08 bits per heavy atom. The van der Waals surface area contributed by atoms with Crippen molar-refractivity contribution in [2.75, 3.05) is 6.54 Å². The van der Waals surface area contributed by atoms with E-state index in [2.05, 4.69) is 10.4 Å². The van der Waals surface area contributed by atoms with E-state index in [1.54, 1.807) is 17.8 Å². The first kappa shape index (κ1) is 9.73. The summed E-state index contributed by atoms with van der Waals surface area (Å²) in [5.41, 5.74) is 5.07. The van der Waals surface area contributed by atoms with Gasteiger partial charge in [-0.05, 0) is 13.0 Å². The van der Waals surface area contributed by atoms with E-state index in [4.69, 9.17) is 5.73 Å². The molecule has 1 aromatic rings. The number of amides is 1. The van der Waals surface area contributed by atoms with E-state index in [9.17, 15) is 4.79 Å². The van der Waals surface area contributed by atoms with Crippen molar-refractivity contribution < 1.29 is 4.79 Å². The molecule has 5 heteroatoms. The van der Waals surface area contributed by atoms with Crippen molar-refractivity contribution in [2.24, 2.45) is 5.73 Å². The molecule has 1 aromatic heterocycles. The second kappa shape index (κ2) is 4.61. The Bertz CT molecular complexity index is 257. The molecule has 0 aliphatic carbocycles. The molecule has 0 fully saturated rings. The molecule has 3 N–H and O–H groups in total. The van der Waals surface area contributed by atoms with Gasteiger partial charge in [0.1, 0.15) is 0 Å². The van der Waals surface area contributed by atoms with Gasteiger partial charge >= 0.3 is 0 Å². The van der Waals surface area contributed by atoms with E-state index in [0.717, 1.165) is 6.54 Å². The minimum atomic E-state index is -0.333. The summed E-state index contributed by atoms with van der Waals surface area (Å²) in [6.07, 6.45) is 3.59. The molecule has 0 spiro atoms. The lowest BCUT2D eigenvalue weighted by Crippen LogP contribution is -2.40. The lowest BCUT2D eigenvalue weighted by Gasteiger charge is -2.09. The van der Waals surface area contributed by atoms with Gasteiger partial charge in [-0.25, -0.2) is 0 Å². The molecule has 13 heavy (non-hydrogen) atoms. The van der Waals surface area contributed by atoms with Crippen LogP contribution in [0, 0.1) is 0 Å². The zero-order chi connectivity index (χ0) is 9.68. The third-order valence-corrected chi connectivity index (χ3v) is 1.78. The number of nitrogens with zero attached hydrogens (tertiary/aromatic N) is 2. The number of aromatic nitrogens is 2. The lowest BCUT2D eigenvalue weighted by atomic mass is 10.3. The van der Waals surface area contributed by atoms with Gasteiger partial charge in [0.2, 0.25) is 5.91 Å². The topological polar surface area (TPSA) is 72.9 Å². The van der Waals surface area contributed by atoms with Crippen molar-refractivity contribution in [3.63, 3.8) is 0 Å². The van der Waals surface area contributed by atoms with Crippen LogP contribution in [0.5, 0.6) is 0 Å². The molecule has 1 unspecified atom stereocenters. The second-order valence-corrected chi connectivity index (χ2v) is 2.85. The molecule has 0 radical (unpaired) electrons. The van der Waals surface area contributed by atoms with Crippen molar-refractivity contribution in [1.82, 2.24) is 15.1 Å². The van der Waals surface area contributed by atoms with Gasteiger partial charge in [0.25, 0.3) is 0 Å². The molecule has 1 rings (SSSR count). The summed E-state index contributed by atoms with van der Waals surface area (Å²) in [6.45, 7) is 3.17. The summed E-state index contributed by atoms with van der Waals surface area (Å²) in [4.78, 5) is 10.6. The number of rotatable bonds is 5. The average Bonchev–Trinajstić information content (AvgIpc) is 2.56. The normalized spacial score (nSPS) is 12.7. The average molecular weight is 182 g/mol.